The fourth-order valence-corrected chi connectivity index (χ4v) is 4.50. The van der Waals surface area contributed by atoms with E-state index in [9.17, 15) is 13.2 Å². The topological polar surface area (TPSA) is 86.7 Å². The molecular formula is C21H18N2O4S. The van der Waals surface area contributed by atoms with Gasteiger partial charge in [-0.3, -0.25) is 4.72 Å². The van der Waals surface area contributed by atoms with Gasteiger partial charge in [-0.1, -0.05) is 36.4 Å². The van der Waals surface area contributed by atoms with E-state index in [1.54, 1.807) is 12.1 Å². The molecule has 0 saturated heterocycles. The number of rotatable bonds is 5. The molecule has 0 fully saturated rings. The van der Waals surface area contributed by atoms with Gasteiger partial charge in [-0.15, -0.1) is 0 Å². The summed E-state index contributed by atoms with van der Waals surface area (Å²) in [6.45, 7) is 0.757. The van der Waals surface area contributed by atoms with Crippen molar-refractivity contribution in [2.24, 2.45) is 0 Å². The Bertz CT molecular complexity index is 1160. The Kier molecular flexibility index (Phi) is 4.52. The van der Waals surface area contributed by atoms with Crippen molar-refractivity contribution in [2.45, 2.75) is 11.3 Å². The molecule has 0 unspecified atom stereocenters. The molecule has 0 bridgehead atoms. The molecule has 0 spiro atoms. The van der Waals surface area contributed by atoms with Crippen LogP contribution in [0.2, 0.25) is 0 Å². The third-order valence-corrected chi connectivity index (χ3v) is 6.08. The predicted octanol–water partition coefficient (Wildman–Crippen LogP) is 3.88. The molecule has 4 rings (SSSR count). The Morgan fingerprint density at radius 1 is 0.929 bits per heavy atom. The number of hydrogen-bond acceptors (Lipinski definition) is 4. The number of nitrogens with zero attached hydrogens (tertiary/aromatic N) is 1. The summed E-state index contributed by atoms with van der Waals surface area (Å²) >= 11 is 0. The van der Waals surface area contributed by atoms with Crippen LogP contribution in [0.1, 0.15) is 15.9 Å². The summed E-state index contributed by atoms with van der Waals surface area (Å²) in [6.07, 6.45) is 0.887. The summed E-state index contributed by atoms with van der Waals surface area (Å²) in [7, 11) is -3.94. The minimum Gasteiger partial charge on any atom is -0.478 e. The average Bonchev–Trinajstić information content (AvgIpc) is 3.12. The lowest BCUT2D eigenvalue weighted by Crippen LogP contribution is -2.19. The number of hydrogen-bond donors (Lipinski definition) is 2. The highest BCUT2D eigenvalue weighted by atomic mass is 32.2. The predicted molar refractivity (Wildman–Crippen MR) is 108 cm³/mol. The van der Waals surface area contributed by atoms with Crippen LogP contribution in [-0.4, -0.2) is 26.0 Å². The van der Waals surface area contributed by atoms with E-state index in [1.807, 2.05) is 30.3 Å². The Balaban J connectivity index is 1.70. The van der Waals surface area contributed by atoms with E-state index in [0.29, 0.717) is 5.69 Å². The van der Waals surface area contributed by atoms with E-state index < -0.39 is 16.0 Å². The molecule has 28 heavy (non-hydrogen) atoms. The van der Waals surface area contributed by atoms with Crippen molar-refractivity contribution < 1.29 is 18.3 Å². The van der Waals surface area contributed by atoms with Crippen molar-refractivity contribution in [3.63, 3.8) is 0 Å². The maximum Gasteiger partial charge on any atom is 0.335 e. The van der Waals surface area contributed by atoms with E-state index in [4.69, 9.17) is 5.11 Å². The Labute approximate surface area is 163 Å². The lowest BCUT2D eigenvalue weighted by molar-refractivity contribution is 0.0696. The van der Waals surface area contributed by atoms with Crippen molar-refractivity contribution in [3.05, 3.63) is 83.9 Å². The van der Waals surface area contributed by atoms with E-state index in [1.165, 1.54) is 23.8 Å². The van der Waals surface area contributed by atoms with Crippen molar-refractivity contribution in [1.29, 1.82) is 0 Å². The van der Waals surface area contributed by atoms with Gasteiger partial charge in [-0.25, -0.2) is 13.2 Å². The van der Waals surface area contributed by atoms with Crippen LogP contribution in [-0.2, 0) is 16.4 Å². The summed E-state index contributed by atoms with van der Waals surface area (Å²) < 4.78 is 28.3. The number of benzene rings is 3. The van der Waals surface area contributed by atoms with Crippen LogP contribution in [0, 0.1) is 0 Å². The van der Waals surface area contributed by atoms with Crippen LogP contribution in [0.3, 0.4) is 0 Å². The minimum absolute atomic E-state index is 0.0790. The second kappa shape index (κ2) is 7.01. The molecule has 1 aliphatic rings. The van der Waals surface area contributed by atoms with Gasteiger partial charge in [0.05, 0.1) is 21.8 Å². The molecule has 0 aromatic heterocycles. The number of carboxylic acids is 1. The maximum atomic E-state index is 12.9. The number of nitrogens with one attached hydrogen (secondary N) is 1. The first-order chi connectivity index (χ1) is 13.5. The lowest BCUT2D eigenvalue weighted by atomic mass is 10.2. The van der Waals surface area contributed by atoms with Crippen LogP contribution < -0.4 is 9.62 Å². The van der Waals surface area contributed by atoms with Crippen LogP contribution >= 0.6 is 0 Å². The van der Waals surface area contributed by atoms with Crippen LogP contribution in [0.25, 0.3) is 0 Å². The number of anilines is 3. The zero-order valence-corrected chi connectivity index (χ0v) is 15.7. The van der Waals surface area contributed by atoms with Gasteiger partial charge in [-0.05, 0) is 48.4 Å². The van der Waals surface area contributed by atoms with E-state index in [-0.39, 0.29) is 10.5 Å². The third-order valence-electron chi connectivity index (χ3n) is 4.72. The maximum absolute atomic E-state index is 12.9. The molecular weight excluding hydrogens is 376 g/mol. The first-order valence-electron chi connectivity index (χ1n) is 8.76. The molecule has 142 valence electrons. The van der Waals surface area contributed by atoms with Gasteiger partial charge >= 0.3 is 5.97 Å². The Morgan fingerprint density at radius 2 is 1.64 bits per heavy atom. The molecule has 3 aromatic carbocycles. The summed E-state index contributed by atoms with van der Waals surface area (Å²) in [4.78, 5) is 13.2. The number of carboxylic acid groups (broad SMARTS) is 1. The standard InChI is InChI=1S/C21H18N2O4S/c24-21(25)16-7-5-8-17(14-16)28(26,27)22-18-9-2-4-11-20(18)23-13-12-15-6-1-3-10-19(15)23/h1-11,14,22H,12-13H2,(H,24,25). The van der Waals surface area contributed by atoms with Crippen molar-refractivity contribution in [3.8, 4) is 0 Å². The quantitative estimate of drug-likeness (QED) is 0.686. The molecule has 0 atom stereocenters. The van der Waals surface area contributed by atoms with E-state index in [0.717, 1.165) is 30.4 Å². The molecule has 1 heterocycles. The van der Waals surface area contributed by atoms with Gasteiger partial charge in [0.15, 0.2) is 0 Å². The normalized spacial score (nSPS) is 13.2. The van der Waals surface area contributed by atoms with Crippen LogP contribution in [0.5, 0.6) is 0 Å². The van der Waals surface area contributed by atoms with Crippen LogP contribution in [0.15, 0.2) is 77.7 Å². The van der Waals surface area contributed by atoms with Gasteiger partial charge in [0.1, 0.15) is 0 Å². The van der Waals surface area contributed by atoms with E-state index in [2.05, 4.69) is 15.7 Å². The zero-order chi connectivity index (χ0) is 19.7. The lowest BCUT2D eigenvalue weighted by Gasteiger charge is -2.23. The van der Waals surface area contributed by atoms with Gasteiger partial charge < -0.3 is 10.0 Å². The second-order valence-electron chi connectivity index (χ2n) is 6.49. The van der Waals surface area contributed by atoms with Crippen molar-refractivity contribution >= 4 is 33.1 Å². The number of para-hydroxylation sites is 3. The fraction of sp³-hybridized carbons (Fsp3) is 0.0952. The van der Waals surface area contributed by atoms with Crippen molar-refractivity contribution in [1.82, 2.24) is 0 Å². The highest BCUT2D eigenvalue weighted by molar-refractivity contribution is 7.92. The molecule has 0 amide bonds. The monoisotopic (exact) mass is 394 g/mol. The molecule has 0 saturated carbocycles. The van der Waals surface area contributed by atoms with Gasteiger partial charge in [0.25, 0.3) is 10.0 Å². The minimum atomic E-state index is -3.94. The van der Waals surface area contributed by atoms with E-state index >= 15 is 0 Å². The third kappa shape index (κ3) is 3.32. The first kappa shape index (κ1) is 18.1. The second-order valence-corrected chi connectivity index (χ2v) is 8.17. The molecule has 1 aliphatic heterocycles. The van der Waals surface area contributed by atoms with Gasteiger partial charge in [0, 0.05) is 12.2 Å². The Hall–Kier alpha value is -3.32. The van der Waals surface area contributed by atoms with Gasteiger partial charge in [-0.2, -0.15) is 0 Å². The molecule has 3 aromatic rings. The van der Waals surface area contributed by atoms with Crippen molar-refractivity contribution in [2.75, 3.05) is 16.2 Å². The number of aromatic carboxylic acids is 1. The number of sulfonamides is 1. The van der Waals surface area contributed by atoms with Gasteiger partial charge in [0.2, 0.25) is 0 Å². The van der Waals surface area contributed by atoms with Crippen LogP contribution in [0.4, 0.5) is 17.1 Å². The fourth-order valence-electron chi connectivity index (χ4n) is 3.38. The summed E-state index contributed by atoms with van der Waals surface area (Å²) in [6, 6.07) is 20.5. The molecule has 0 radical (unpaired) electrons. The average molecular weight is 394 g/mol. The summed E-state index contributed by atoms with van der Waals surface area (Å²) in [5.74, 6) is -1.17. The smallest absolute Gasteiger partial charge is 0.335 e. The first-order valence-corrected chi connectivity index (χ1v) is 10.2. The number of carbonyl (C=O) groups is 1. The highest BCUT2D eigenvalue weighted by Crippen LogP contribution is 2.38. The molecule has 6 nitrogen and oxygen atoms in total. The largest absolute Gasteiger partial charge is 0.478 e. The molecule has 2 N–H and O–H groups in total. The molecule has 0 aliphatic carbocycles. The summed E-state index contributed by atoms with van der Waals surface area (Å²) in [5, 5.41) is 9.12. The Morgan fingerprint density at radius 3 is 2.43 bits per heavy atom. The highest BCUT2D eigenvalue weighted by Gasteiger charge is 2.24. The zero-order valence-electron chi connectivity index (χ0n) is 14.9. The summed E-state index contributed by atoms with van der Waals surface area (Å²) in [5.41, 5.74) is 3.39. The number of fused-ring (bicyclic) bond motifs is 1. The SMILES string of the molecule is O=C(O)c1cccc(S(=O)(=O)Nc2ccccc2N2CCc3ccccc32)c1. The molecule has 7 heteroatoms.